The molecular formula is C20H24O. The molecule has 0 bridgehead atoms. The molecule has 1 fully saturated rings. The first-order valence-electron chi connectivity index (χ1n) is 8.09. The molecule has 21 heavy (non-hydrogen) atoms. The monoisotopic (exact) mass is 280 g/mol. The highest BCUT2D eigenvalue weighted by Crippen LogP contribution is 2.56. The Morgan fingerprint density at radius 3 is 2.24 bits per heavy atom. The van der Waals surface area contributed by atoms with Crippen molar-refractivity contribution in [3.63, 3.8) is 0 Å². The first kappa shape index (κ1) is 14.3. The largest absolute Gasteiger partial charge is 0.387 e. The molecule has 1 N–H and O–H groups in total. The zero-order chi connectivity index (χ0) is 14.7. The smallest absolute Gasteiger partial charge is 0.0886 e. The normalized spacial score (nSPS) is 17.4. The van der Waals surface area contributed by atoms with Crippen LogP contribution in [0.5, 0.6) is 0 Å². The van der Waals surface area contributed by atoms with Crippen molar-refractivity contribution in [2.75, 3.05) is 0 Å². The number of aryl methyl sites for hydroxylation is 1. The minimum Gasteiger partial charge on any atom is -0.387 e. The Morgan fingerprint density at radius 1 is 1.00 bits per heavy atom. The molecule has 1 atom stereocenters. The molecule has 0 aliphatic heterocycles. The quantitative estimate of drug-likeness (QED) is 0.806. The molecule has 1 heteroatoms. The van der Waals surface area contributed by atoms with E-state index in [0.29, 0.717) is 0 Å². The van der Waals surface area contributed by atoms with Crippen LogP contribution in [0.2, 0.25) is 0 Å². The summed E-state index contributed by atoms with van der Waals surface area (Å²) in [5, 5.41) is 10.8. The van der Waals surface area contributed by atoms with Gasteiger partial charge in [-0.15, -0.1) is 0 Å². The molecule has 0 aromatic heterocycles. The van der Waals surface area contributed by atoms with E-state index in [1.54, 1.807) is 0 Å². The van der Waals surface area contributed by atoms with E-state index in [1.165, 1.54) is 24.0 Å². The highest BCUT2D eigenvalue weighted by atomic mass is 16.3. The van der Waals surface area contributed by atoms with Crippen LogP contribution in [-0.4, -0.2) is 5.11 Å². The van der Waals surface area contributed by atoms with Gasteiger partial charge in [0.25, 0.3) is 0 Å². The van der Waals surface area contributed by atoms with Crippen LogP contribution < -0.4 is 0 Å². The summed E-state index contributed by atoms with van der Waals surface area (Å²) in [6, 6.07) is 19.0. The Bertz CT molecular complexity index is 567. The molecule has 1 aliphatic rings. The summed E-state index contributed by atoms with van der Waals surface area (Å²) >= 11 is 0. The van der Waals surface area contributed by atoms with Crippen LogP contribution in [0.25, 0.3) is 0 Å². The Kier molecular flexibility index (Phi) is 4.12. The summed E-state index contributed by atoms with van der Waals surface area (Å²) in [5.74, 6) is 0. The molecule has 0 saturated heterocycles. The van der Waals surface area contributed by atoms with Gasteiger partial charge in [-0.2, -0.15) is 0 Å². The maximum Gasteiger partial charge on any atom is 0.0886 e. The van der Waals surface area contributed by atoms with E-state index in [9.17, 15) is 5.11 Å². The van der Waals surface area contributed by atoms with Crippen LogP contribution in [0.3, 0.4) is 0 Å². The highest BCUT2D eigenvalue weighted by molar-refractivity contribution is 5.37. The van der Waals surface area contributed by atoms with Crippen molar-refractivity contribution in [1.29, 1.82) is 0 Å². The SMILES string of the molecule is CCCCc1ccc(C(O)C2(c3ccccc3)CC2)cc1. The highest BCUT2D eigenvalue weighted by Gasteiger charge is 2.50. The van der Waals surface area contributed by atoms with Gasteiger partial charge in [0.05, 0.1) is 6.10 Å². The molecule has 3 rings (SSSR count). The third-order valence-corrected chi connectivity index (χ3v) is 4.78. The van der Waals surface area contributed by atoms with Crippen LogP contribution in [0.4, 0.5) is 0 Å². The van der Waals surface area contributed by atoms with Crippen LogP contribution in [0, 0.1) is 0 Å². The number of hydrogen-bond donors (Lipinski definition) is 1. The average Bonchev–Trinajstić information content (AvgIpc) is 3.35. The van der Waals surface area contributed by atoms with E-state index in [4.69, 9.17) is 0 Å². The molecule has 1 aliphatic carbocycles. The van der Waals surface area contributed by atoms with Gasteiger partial charge in [-0.05, 0) is 42.4 Å². The molecule has 0 heterocycles. The van der Waals surface area contributed by atoms with Crippen LogP contribution in [0.1, 0.15) is 55.4 Å². The maximum absolute atomic E-state index is 10.8. The third kappa shape index (κ3) is 2.89. The molecule has 110 valence electrons. The fraction of sp³-hybridized carbons (Fsp3) is 0.400. The van der Waals surface area contributed by atoms with Crippen molar-refractivity contribution in [3.8, 4) is 0 Å². The number of benzene rings is 2. The average molecular weight is 280 g/mol. The third-order valence-electron chi connectivity index (χ3n) is 4.78. The van der Waals surface area contributed by atoms with Crippen molar-refractivity contribution in [2.45, 2.75) is 50.5 Å². The lowest BCUT2D eigenvalue weighted by atomic mass is 9.86. The molecule has 1 nitrogen and oxygen atoms in total. The summed E-state index contributed by atoms with van der Waals surface area (Å²) in [5.41, 5.74) is 3.65. The van der Waals surface area contributed by atoms with E-state index < -0.39 is 0 Å². The van der Waals surface area contributed by atoms with Gasteiger partial charge >= 0.3 is 0 Å². The fourth-order valence-corrected chi connectivity index (χ4v) is 3.19. The number of aliphatic hydroxyl groups excluding tert-OH is 1. The van der Waals surface area contributed by atoms with Crippen LogP contribution >= 0.6 is 0 Å². The van der Waals surface area contributed by atoms with Gasteiger partial charge in [-0.3, -0.25) is 0 Å². The van der Waals surface area contributed by atoms with E-state index in [1.807, 2.05) is 6.07 Å². The Morgan fingerprint density at radius 2 is 1.67 bits per heavy atom. The summed E-state index contributed by atoms with van der Waals surface area (Å²) in [6.07, 6.45) is 5.36. The number of hydrogen-bond acceptors (Lipinski definition) is 1. The van der Waals surface area contributed by atoms with E-state index in [0.717, 1.165) is 24.8 Å². The zero-order valence-corrected chi connectivity index (χ0v) is 12.8. The summed E-state index contributed by atoms with van der Waals surface area (Å²) in [7, 11) is 0. The molecule has 1 saturated carbocycles. The molecule has 0 spiro atoms. The number of aliphatic hydroxyl groups is 1. The predicted octanol–water partition coefficient (Wildman–Crippen LogP) is 4.79. The predicted molar refractivity (Wildman–Crippen MR) is 87.4 cm³/mol. The molecule has 2 aromatic carbocycles. The van der Waals surface area contributed by atoms with Gasteiger partial charge in [0.15, 0.2) is 0 Å². The standard InChI is InChI=1S/C20H24O/c1-2-3-7-16-10-12-17(13-11-16)19(21)20(14-15-20)18-8-5-4-6-9-18/h4-6,8-13,19,21H,2-3,7,14-15H2,1H3. The molecule has 0 radical (unpaired) electrons. The topological polar surface area (TPSA) is 20.2 Å². The second-order valence-corrected chi connectivity index (χ2v) is 6.27. The lowest BCUT2D eigenvalue weighted by Gasteiger charge is -2.23. The number of rotatable bonds is 6. The molecule has 1 unspecified atom stereocenters. The first-order chi connectivity index (χ1) is 10.3. The van der Waals surface area contributed by atoms with Gasteiger partial charge in [0.2, 0.25) is 0 Å². The Balaban J connectivity index is 1.77. The second-order valence-electron chi connectivity index (χ2n) is 6.27. The minimum absolute atomic E-state index is 0.0494. The first-order valence-corrected chi connectivity index (χ1v) is 8.09. The second kappa shape index (κ2) is 6.03. The van der Waals surface area contributed by atoms with Gasteiger partial charge in [0.1, 0.15) is 0 Å². The van der Waals surface area contributed by atoms with E-state index >= 15 is 0 Å². The van der Waals surface area contributed by atoms with Crippen molar-refractivity contribution in [3.05, 3.63) is 71.3 Å². The van der Waals surface area contributed by atoms with Gasteiger partial charge < -0.3 is 5.11 Å². The Hall–Kier alpha value is -1.60. The summed E-state index contributed by atoms with van der Waals surface area (Å²) in [4.78, 5) is 0. The summed E-state index contributed by atoms with van der Waals surface area (Å²) < 4.78 is 0. The van der Waals surface area contributed by atoms with E-state index in [2.05, 4.69) is 55.5 Å². The van der Waals surface area contributed by atoms with Crippen LogP contribution in [0.15, 0.2) is 54.6 Å². The van der Waals surface area contributed by atoms with Crippen molar-refractivity contribution in [1.82, 2.24) is 0 Å². The maximum atomic E-state index is 10.8. The molecule has 0 amide bonds. The lowest BCUT2D eigenvalue weighted by molar-refractivity contribution is 0.133. The fourth-order valence-electron chi connectivity index (χ4n) is 3.19. The van der Waals surface area contributed by atoms with Gasteiger partial charge in [-0.25, -0.2) is 0 Å². The van der Waals surface area contributed by atoms with Gasteiger partial charge in [0, 0.05) is 5.41 Å². The van der Waals surface area contributed by atoms with Gasteiger partial charge in [-0.1, -0.05) is 67.9 Å². The van der Waals surface area contributed by atoms with E-state index in [-0.39, 0.29) is 11.5 Å². The van der Waals surface area contributed by atoms with Crippen LogP contribution in [-0.2, 0) is 11.8 Å². The lowest BCUT2D eigenvalue weighted by Crippen LogP contribution is -2.18. The van der Waals surface area contributed by atoms with Crippen molar-refractivity contribution in [2.24, 2.45) is 0 Å². The molecular weight excluding hydrogens is 256 g/mol. The Labute approximate surface area is 127 Å². The van der Waals surface area contributed by atoms with Crippen molar-refractivity contribution >= 4 is 0 Å². The molecule has 2 aromatic rings. The summed E-state index contributed by atoms with van der Waals surface area (Å²) in [6.45, 7) is 2.22. The number of unbranched alkanes of at least 4 members (excludes halogenated alkanes) is 1. The van der Waals surface area contributed by atoms with Crippen molar-refractivity contribution < 1.29 is 5.11 Å². The zero-order valence-electron chi connectivity index (χ0n) is 12.8. The minimum atomic E-state index is -0.389.